The van der Waals surface area contributed by atoms with E-state index < -0.39 is 6.04 Å². The smallest absolute Gasteiger partial charge is 0.241 e. The zero-order valence-corrected chi connectivity index (χ0v) is 11.1. The molecule has 0 aromatic heterocycles. The van der Waals surface area contributed by atoms with Gasteiger partial charge in [-0.3, -0.25) is 4.79 Å². The van der Waals surface area contributed by atoms with Crippen molar-refractivity contribution in [2.24, 2.45) is 5.73 Å². The van der Waals surface area contributed by atoms with Crippen molar-refractivity contribution in [3.05, 3.63) is 29.3 Å². The summed E-state index contributed by atoms with van der Waals surface area (Å²) < 4.78 is 0. The zero-order valence-electron chi connectivity index (χ0n) is 11.1. The fourth-order valence-corrected chi connectivity index (χ4v) is 1.74. The van der Waals surface area contributed by atoms with Crippen LogP contribution in [0.15, 0.2) is 18.2 Å². The molecule has 1 aromatic carbocycles. The Morgan fingerprint density at radius 1 is 1.41 bits per heavy atom. The molecule has 1 unspecified atom stereocenters. The Morgan fingerprint density at radius 2 is 2.06 bits per heavy atom. The average Bonchev–Trinajstić information content (AvgIpc) is 2.30. The van der Waals surface area contributed by atoms with Gasteiger partial charge in [0.25, 0.3) is 0 Å². The van der Waals surface area contributed by atoms with E-state index in [1.54, 1.807) is 0 Å². The first-order chi connectivity index (χ1) is 7.97. The Hall–Kier alpha value is -1.35. The van der Waals surface area contributed by atoms with Crippen LogP contribution in [0, 0.1) is 6.92 Å². The second kappa shape index (κ2) is 5.82. The summed E-state index contributed by atoms with van der Waals surface area (Å²) in [6.45, 7) is 8.14. The lowest BCUT2D eigenvalue weighted by molar-refractivity contribution is -0.117. The summed E-state index contributed by atoms with van der Waals surface area (Å²) in [6, 6.07) is 5.62. The Labute approximate surface area is 103 Å². The van der Waals surface area contributed by atoms with Gasteiger partial charge in [-0.25, -0.2) is 0 Å². The van der Waals surface area contributed by atoms with Gasteiger partial charge in [-0.2, -0.15) is 0 Å². The van der Waals surface area contributed by atoms with Gasteiger partial charge in [0.05, 0.1) is 6.04 Å². The highest BCUT2D eigenvalue weighted by molar-refractivity contribution is 5.96. The third kappa shape index (κ3) is 3.30. The number of carbonyl (C=O) groups is 1. The van der Waals surface area contributed by atoms with Crippen molar-refractivity contribution in [3.63, 3.8) is 0 Å². The van der Waals surface area contributed by atoms with Gasteiger partial charge in [0.15, 0.2) is 0 Å². The number of nitrogens with two attached hydrogens (primary N) is 1. The molecule has 0 spiro atoms. The van der Waals surface area contributed by atoms with Crippen molar-refractivity contribution in [1.82, 2.24) is 0 Å². The summed E-state index contributed by atoms with van der Waals surface area (Å²) in [5.41, 5.74) is 8.87. The summed E-state index contributed by atoms with van der Waals surface area (Å²) in [6.07, 6.45) is 0.648. The van der Waals surface area contributed by atoms with Crippen molar-refractivity contribution in [1.29, 1.82) is 0 Å². The van der Waals surface area contributed by atoms with Gasteiger partial charge in [0.2, 0.25) is 5.91 Å². The molecule has 3 N–H and O–H groups in total. The lowest BCUT2D eigenvalue weighted by Crippen LogP contribution is -2.35. The molecule has 0 heterocycles. The number of aryl methyl sites for hydroxylation is 1. The number of carbonyl (C=O) groups excluding carboxylic acids is 1. The van der Waals surface area contributed by atoms with E-state index in [4.69, 9.17) is 5.73 Å². The van der Waals surface area contributed by atoms with Crippen LogP contribution in [0.25, 0.3) is 0 Å². The third-order valence-corrected chi connectivity index (χ3v) is 2.95. The molecule has 94 valence electrons. The summed E-state index contributed by atoms with van der Waals surface area (Å²) in [4.78, 5) is 11.8. The standard InChI is InChI=1S/C14H22N2O/c1-5-12(15)14(17)16-13-10(4)7-6-8-11(13)9(2)3/h6-9,12H,5,15H2,1-4H3,(H,16,17). The maximum atomic E-state index is 11.8. The molecular weight excluding hydrogens is 212 g/mol. The van der Waals surface area contributed by atoms with Crippen molar-refractivity contribution in [2.45, 2.75) is 46.1 Å². The van der Waals surface area contributed by atoms with Crippen LogP contribution >= 0.6 is 0 Å². The molecule has 0 bridgehead atoms. The number of hydrogen-bond donors (Lipinski definition) is 2. The normalized spacial score (nSPS) is 12.6. The molecule has 3 heteroatoms. The first-order valence-electron chi connectivity index (χ1n) is 6.13. The highest BCUT2D eigenvalue weighted by Gasteiger charge is 2.15. The molecule has 17 heavy (non-hydrogen) atoms. The van der Waals surface area contributed by atoms with Crippen LogP contribution in [0.2, 0.25) is 0 Å². The molecule has 0 radical (unpaired) electrons. The van der Waals surface area contributed by atoms with Crippen molar-refractivity contribution in [2.75, 3.05) is 5.32 Å². The van der Waals surface area contributed by atoms with Gasteiger partial charge >= 0.3 is 0 Å². The van der Waals surface area contributed by atoms with E-state index in [9.17, 15) is 4.79 Å². The van der Waals surface area contributed by atoms with Crippen LogP contribution in [0.4, 0.5) is 5.69 Å². The summed E-state index contributed by atoms with van der Waals surface area (Å²) in [5.74, 6) is 0.270. The Balaban J connectivity index is 3.01. The molecule has 0 saturated carbocycles. The molecule has 1 aromatic rings. The third-order valence-electron chi connectivity index (χ3n) is 2.95. The number of anilines is 1. The molecule has 0 fully saturated rings. The Bertz CT molecular complexity index is 399. The first-order valence-corrected chi connectivity index (χ1v) is 6.13. The highest BCUT2D eigenvalue weighted by atomic mass is 16.2. The number of nitrogens with one attached hydrogen (secondary N) is 1. The maximum Gasteiger partial charge on any atom is 0.241 e. The average molecular weight is 234 g/mol. The maximum absolute atomic E-state index is 11.8. The van der Waals surface area contributed by atoms with Gasteiger partial charge in [0, 0.05) is 5.69 Å². The number of benzene rings is 1. The fraction of sp³-hybridized carbons (Fsp3) is 0.500. The van der Waals surface area contributed by atoms with Crippen LogP contribution in [-0.4, -0.2) is 11.9 Å². The minimum atomic E-state index is -0.436. The van der Waals surface area contributed by atoms with E-state index >= 15 is 0 Å². The largest absolute Gasteiger partial charge is 0.324 e. The van der Waals surface area contributed by atoms with Crippen LogP contribution in [0.3, 0.4) is 0 Å². The number of hydrogen-bond acceptors (Lipinski definition) is 2. The minimum Gasteiger partial charge on any atom is -0.324 e. The zero-order chi connectivity index (χ0) is 13.0. The molecule has 1 rings (SSSR count). The SMILES string of the molecule is CCC(N)C(=O)Nc1c(C)cccc1C(C)C. The van der Waals surface area contributed by atoms with E-state index in [0.29, 0.717) is 12.3 Å². The molecule has 0 saturated heterocycles. The van der Waals surface area contributed by atoms with Crippen molar-refractivity contribution >= 4 is 11.6 Å². The van der Waals surface area contributed by atoms with E-state index in [1.807, 2.05) is 32.0 Å². The molecule has 3 nitrogen and oxygen atoms in total. The van der Waals surface area contributed by atoms with Crippen molar-refractivity contribution < 1.29 is 4.79 Å². The lowest BCUT2D eigenvalue weighted by Gasteiger charge is -2.18. The summed E-state index contributed by atoms with van der Waals surface area (Å²) in [7, 11) is 0. The molecular formula is C14H22N2O. The van der Waals surface area contributed by atoms with Crippen molar-refractivity contribution in [3.8, 4) is 0 Å². The molecule has 0 aliphatic heterocycles. The van der Waals surface area contributed by atoms with E-state index in [1.165, 1.54) is 0 Å². The molecule has 1 amide bonds. The van der Waals surface area contributed by atoms with E-state index in [2.05, 4.69) is 19.2 Å². The molecule has 1 atom stereocenters. The molecule has 0 aliphatic carbocycles. The molecule has 0 aliphatic rings. The Morgan fingerprint density at radius 3 is 2.59 bits per heavy atom. The van der Waals surface area contributed by atoms with Crippen LogP contribution in [-0.2, 0) is 4.79 Å². The number of para-hydroxylation sites is 1. The monoisotopic (exact) mass is 234 g/mol. The van der Waals surface area contributed by atoms with Gasteiger partial charge in [-0.05, 0) is 30.4 Å². The van der Waals surface area contributed by atoms with E-state index in [0.717, 1.165) is 16.8 Å². The Kier molecular flexibility index (Phi) is 4.70. The summed E-state index contributed by atoms with van der Waals surface area (Å²) in [5, 5.41) is 2.95. The fourth-order valence-electron chi connectivity index (χ4n) is 1.74. The van der Waals surface area contributed by atoms with Gasteiger partial charge in [-0.15, -0.1) is 0 Å². The lowest BCUT2D eigenvalue weighted by atomic mass is 9.98. The quantitative estimate of drug-likeness (QED) is 0.841. The first kappa shape index (κ1) is 13.7. The van der Waals surface area contributed by atoms with Crippen LogP contribution < -0.4 is 11.1 Å². The predicted octanol–water partition coefficient (Wildman–Crippen LogP) is 2.79. The minimum absolute atomic E-state index is 0.108. The van der Waals surface area contributed by atoms with Gasteiger partial charge in [-0.1, -0.05) is 39.0 Å². The predicted molar refractivity (Wildman–Crippen MR) is 72.2 cm³/mol. The van der Waals surface area contributed by atoms with Gasteiger partial charge < -0.3 is 11.1 Å². The second-order valence-electron chi connectivity index (χ2n) is 4.70. The second-order valence-corrected chi connectivity index (χ2v) is 4.70. The summed E-state index contributed by atoms with van der Waals surface area (Å²) >= 11 is 0. The number of rotatable bonds is 4. The number of amides is 1. The topological polar surface area (TPSA) is 55.1 Å². The van der Waals surface area contributed by atoms with Crippen LogP contribution in [0.1, 0.15) is 44.2 Å². The van der Waals surface area contributed by atoms with Gasteiger partial charge in [0.1, 0.15) is 0 Å². The highest BCUT2D eigenvalue weighted by Crippen LogP contribution is 2.27. The van der Waals surface area contributed by atoms with E-state index in [-0.39, 0.29) is 5.91 Å². The van der Waals surface area contributed by atoms with Crippen LogP contribution in [0.5, 0.6) is 0 Å².